The van der Waals surface area contributed by atoms with E-state index >= 15 is 0 Å². The van der Waals surface area contributed by atoms with E-state index in [1.54, 1.807) is 0 Å². The van der Waals surface area contributed by atoms with E-state index in [1.807, 2.05) is 35.1 Å². The Morgan fingerprint density at radius 2 is 2.19 bits per heavy atom. The molecule has 1 aliphatic heterocycles. The number of rotatable bonds is 7. The smallest absolute Gasteiger partial charge is 0.224 e. The summed E-state index contributed by atoms with van der Waals surface area (Å²) in [6.45, 7) is 6.21. The number of likely N-dealkylation sites (N-methyl/N-ethyl adjacent to an activating group) is 1. The van der Waals surface area contributed by atoms with Gasteiger partial charge in [-0.25, -0.2) is 4.98 Å². The Morgan fingerprint density at radius 3 is 2.92 bits per heavy atom. The average Bonchev–Trinajstić information content (AvgIpc) is 3.26. The summed E-state index contributed by atoms with van der Waals surface area (Å²) in [4.78, 5) is 21.4. The highest BCUT2D eigenvalue weighted by atomic mass is 16.2. The van der Waals surface area contributed by atoms with Gasteiger partial charge in [-0.1, -0.05) is 0 Å². The van der Waals surface area contributed by atoms with Crippen molar-refractivity contribution >= 4 is 5.91 Å². The molecule has 2 aromatic rings. The predicted octanol–water partition coefficient (Wildman–Crippen LogP) is 1.75. The van der Waals surface area contributed by atoms with Gasteiger partial charge >= 0.3 is 0 Å². The molecule has 0 aliphatic carbocycles. The zero-order valence-corrected chi connectivity index (χ0v) is 16.1. The number of amides is 1. The van der Waals surface area contributed by atoms with E-state index in [-0.39, 0.29) is 5.91 Å². The molecule has 1 saturated heterocycles. The quantitative estimate of drug-likeness (QED) is 0.757. The van der Waals surface area contributed by atoms with Crippen molar-refractivity contribution in [1.29, 1.82) is 0 Å². The molecule has 1 amide bonds. The Bertz CT molecular complexity index is 719. The van der Waals surface area contributed by atoms with Crippen molar-refractivity contribution in [3.63, 3.8) is 0 Å². The lowest BCUT2D eigenvalue weighted by atomic mass is 9.96. The van der Waals surface area contributed by atoms with Crippen LogP contribution in [0.5, 0.6) is 0 Å². The van der Waals surface area contributed by atoms with Crippen LogP contribution in [0.15, 0.2) is 24.8 Å². The fraction of sp³-hybridized carbons (Fsp3) is 0.632. The number of hydrogen-bond donors (Lipinski definition) is 0. The molecular weight excluding hydrogens is 328 g/mol. The van der Waals surface area contributed by atoms with Crippen molar-refractivity contribution in [3.05, 3.63) is 36.2 Å². The molecule has 0 N–H and O–H groups in total. The first-order valence-corrected chi connectivity index (χ1v) is 9.45. The van der Waals surface area contributed by atoms with Crippen LogP contribution in [0.1, 0.15) is 36.6 Å². The molecule has 0 radical (unpaired) electrons. The van der Waals surface area contributed by atoms with Gasteiger partial charge in [-0.3, -0.25) is 9.48 Å². The highest BCUT2D eigenvalue weighted by Gasteiger charge is 2.27. The second-order valence-electron chi connectivity index (χ2n) is 7.49. The number of imidazole rings is 1. The average molecular weight is 358 g/mol. The molecule has 0 spiro atoms. The lowest BCUT2D eigenvalue weighted by molar-refractivity contribution is -0.132. The first-order chi connectivity index (χ1) is 12.5. The molecule has 26 heavy (non-hydrogen) atoms. The summed E-state index contributed by atoms with van der Waals surface area (Å²) in [5.74, 6) is 1.66. The van der Waals surface area contributed by atoms with Crippen LogP contribution in [0.25, 0.3) is 0 Å². The number of nitrogens with zero attached hydrogens (tertiary/aromatic N) is 6. The molecule has 1 atom stereocenters. The maximum Gasteiger partial charge on any atom is 0.224 e. The van der Waals surface area contributed by atoms with E-state index in [0.29, 0.717) is 18.9 Å². The van der Waals surface area contributed by atoms with E-state index in [1.165, 1.54) is 0 Å². The largest absolute Gasteiger partial charge is 0.342 e. The van der Waals surface area contributed by atoms with Crippen LogP contribution in [-0.4, -0.2) is 68.8 Å². The van der Waals surface area contributed by atoms with Crippen LogP contribution < -0.4 is 0 Å². The predicted molar refractivity (Wildman–Crippen MR) is 101 cm³/mol. The molecule has 2 aromatic heterocycles. The van der Waals surface area contributed by atoms with Crippen molar-refractivity contribution < 1.29 is 4.79 Å². The summed E-state index contributed by atoms with van der Waals surface area (Å²) in [7, 11) is 4.16. The van der Waals surface area contributed by atoms with Crippen molar-refractivity contribution in [1.82, 2.24) is 29.1 Å². The summed E-state index contributed by atoms with van der Waals surface area (Å²) in [6.07, 6.45) is 10.4. The van der Waals surface area contributed by atoms with Gasteiger partial charge in [0.1, 0.15) is 5.82 Å². The van der Waals surface area contributed by atoms with Crippen LogP contribution in [-0.2, 0) is 17.9 Å². The zero-order chi connectivity index (χ0) is 18.5. The van der Waals surface area contributed by atoms with Crippen LogP contribution in [0.2, 0.25) is 0 Å². The molecule has 142 valence electrons. The highest BCUT2D eigenvalue weighted by molar-refractivity contribution is 5.76. The summed E-state index contributed by atoms with van der Waals surface area (Å²) in [6, 6.07) is 0. The first kappa shape index (κ1) is 18.6. The summed E-state index contributed by atoms with van der Waals surface area (Å²) in [5.41, 5.74) is 1.13. The molecule has 0 saturated carbocycles. The monoisotopic (exact) mass is 358 g/mol. The third-order valence-electron chi connectivity index (χ3n) is 4.99. The molecule has 1 fully saturated rings. The van der Waals surface area contributed by atoms with Gasteiger partial charge in [0.2, 0.25) is 5.91 Å². The van der Waals surface area contributed by atoms with E-state index in [4.69, 9.17) is 0 Å². The van der Waals surface area contributed by atoms with E-state index in [9.17, 15) is 4.79 Å². The van der Waals surface area contributed by atoms with Crippen molar-refractivity contribution in [3.8, 4) is 0 Å². The van der Waals surface area contributed by atoms with E-state index < -0.39 is 0 Å². The summed E-state index contributed by atoms with van der Waals surface area (Å²) < 4.78 is 4.09. The van der Waals surface area contributed by atoms with Gasteiger partial charge in [0.05, 0.1) is 6.20 Å². The lowest BCUT2D eigenvalue weighted by Gasteiger charge is -2.33. The van der Waals surface area contributed by atoms with Crippen molar-refractivity contribution in [2.45, 2.75) is 45.2 Å². The number of piperidine rings is 1. The molecule has 1 aliphatic rings. The molecule has 0 bridgehead atoms. The minimum atomic E-state index is 0.217. The van der Waals surface area contributed by atoms with E-state index in [0.717, 1.165) is 50.4 Å². The summed E-state index contributed by atoms with van der Waals surface area (Å²) >= 11 is 0. The Labute approximate surface area is 155 Å². The van der Waals surface area contributed by atoms with Gasteiger partial charge in [-0.15, -0.1) is 0 Å². The minimum absolute atomic E-state index is 0.217. The maximum atomic E-state index is 12.6. The van der Waals surface area contributed by atoms with Gasteiger partial charge in [0, 0.05) is 63.7 Å². The van der Waals surface area contributed by atoms with Crippen LogP contribution in [0.4, 0.5) is 0 Å². The molecular formula is C19H30N6O. The minimum Gasteiger partial charge on any atom is -0.342 e. The number of hydrogen-bond acceptors (Lipinski definition) is 4. The fourth-order valence-corrected chi connectivity index (χ4v) is 3.55. The van der Waals surface area contributed by atoms with Gasteiger partial charge in [-0.2, -0.15) is 5.10 Å². The Hall–Kier alpha value is -2.15. The molecule has 3 heterocycles. The standard InChI is InChI=1S/C19H30N6O/c1-16-13-21-25(14-16)9-6-18(26)24-8-4-5-17(15-24)19-20-7-10-23(19)12-11-22(2)3/h7,10,13-14,17H,4-6,8-9,11-12,15H2,1-3H3/t17-/m1/s1. The highest BCUT2D eigenvalue weighted by Crippen LogP contribution is 2.26. The van der Waals surface area contributed by atoms with Crippen molar-refractivity contribution in [2.75, 3.05) is 33.7 Å². The van der Waals surface area contributed by atoms with Gasteiger partial charge in [0.15, 0.2) is 0 Å². The number of aromatic nitrogens is 4. The van der Waals surface area contributed by atoms with Crippen LogP contribution in [0.3, 0.4) is 0 Å². The fourth-order valence-electron chi connectivity index (χ4n) is 3.55. The lowest BCUT2D eigenvalue weighted by Crippen LogP contribution is -2.40. The van der Waals surface area contributed by atoms with Crippen molar-refractivity contribution in [2.24, 2.45) is 0 Å². The van der Waals surface area contributed by atoms with Gasteiger partial charge in [0.25, 0.3) is 0 Å². The maximum absolute atomic E-state index is 12.6. The molecule has 7 heteroatoms. The third-order valence-corrected chi connectivity index (χ3v) is 4.99. The van der Waals surface area contributed by atoms with Gasteiger partial charge in [-0.05, 0) is 39.4 Å². The number of aryl methyl sites for hydroxylation is 2. The normalized spacial score (nSPS) is 17.8. The molecule has 0 unspecified atom stereocenters. The topological polar surface area (TPSA) is 59.2 Å². The van der Waals surface area contributed by atoms with Crippen LogP contribution >= 0.6 is 0 Å². The second kappa shape index (κ2) is 8.49. The molecule has 7 nitrogen and oxygen atoms in total. The molecule has 3 rings (SSSR count). The SMILES string of the molecule is Cc1cnn(CCC(=O)N2CCC[C@@H](c3nccn3CCN(C)C)C2)c1. The Morgan fingerprint density at radius 1 is 1.35 bits per heavy atom. The Balaban J connectivity index is 1.57. The number of likely N-dealkylation sites (tertiary alicyclic amines) is 1. The summed E-state index contributed by atoms with van der Waals surface area (Å²) in [5, 5.41) is 4.26. The zero-order valence-electron chi connectivity index (χ0n) is 16.1. The third kappa shape index (κ3) is 4.72. The van der Waals surface area contributed by atoms with Crippen LogP contribution in [0, 0.1) is 6.92 Å². The van der Waals surface area contributed by atoms with Gasteiger partial charge < -0.3 is 14.4 Å². The van der Waals surface area contributed by atoms with E-state index in [2.05, 4.69) is 39.8 Å². The number of carbonyl (C=O) groups is 1. The molecule has 0 aromatic carbocycles. The Kier molecular flexibility index (Phi) is 6.08. The second-order valence-corrected chi connectivity index (χ2v) is 7.49. The number of carbonyl (C=O) groups excluding carboxylic acids is 1. The first-order valence-electron chi connectivity index (χ1n) is 9.45.